The summed E-state index contributed by atoms with van der Waals surface area (Å²) in [5.41, 5.74) is 3.49. The third-order valence-corrected chi connectivity index (χ3v) is 6.09. The lowest BCUT2D eigenvalue weighted by molar-refractivity contribution is -0.168. The van der Waals surface area contributed by atoms with E-state index >= 15 is 0 Å². The Bertz CT molecular complexity index is 541. The van der Waals surface area contributed by atoms with Crippen molar-refractivity contribution in [2.24, 2.45) is 23.7 Å². The highest BCUT2D eigenvalue weighted by Gasteiger charge is 2.48. The number of hydrogen-bond donors (Lipinski definition) is 0. The number of esters is 1. The van der Waals surface area contributed by atoms with Crippen LogP contribution in [-0.2, 0) is 14.3 Å². The van der Waals surface area contributed by atoms with Gasteiger partial charge in [-0.05, 0) is 62.0 Å². The maximum atomic E-state index is 11.9. The van der Waals surface area contributed by atoms with Crippen LogP contribution in [0.1, 0.15) is 60.3 Å². The third-order valence-electron chi connectivity index (χ3n) is 6.09. The van der Waals surface area contributed by atoms with E-state index < -0.39 is 6.29 Å². The van der Waals surface area contributed by atoms with Crippen molar-refractivity contribution >= 4 is 5.97 Å². The van der Waals surface area contributed by atoms with Gasteiger partial charge in [-0.25, -0.2) is 4.79 Å². The number of carbonyl (C=O) groups excluding carboxylic acids is 1. The standard InChI is InChI=1S/C20H30O3/c1-11(2)9-17(21)23-20-14(5)19-13(4)18-12(3)7-6-8-15(18)10-16(19)22-20/h9,12-13,15-16,18,20H,6-8,10H2,1-5H3/t12-,13-,15?,16-,18?,20?/m0/s1. The van der Waals surface area contributed by atoms with E-state index in [0.717, 1.165) is 35.3 Å². The molecule has 1 aliphatic heterocycles. The molecule has 3 rings (SSSR count). The first-order valence-corrected chi connectivity index (χ1v) is 9.10. The van der Waals surface area contributed by atoms with Gasteiger partial charge in [-0.2, -0.15) is 0 Å². The Balaban J connectivity index is 1.79. The number of carbonyl (C=O) groups is 1. The van der Waals surface area contributed by atoms with Crippen LogP contribution in [0.2, 0.25) is 0 Å². The smallest absolute Gasteiger partial charge is 0.333 e. The second-order valence-electron chi connectivity index (χ2n) is 8.02. The molecule has 2 aliphatic carbocycles. The summed E-state index contributed by atoms with van der Waals surface area (Å²) in [5.74, 6) is 2.56. The summed E-state index contributed by atoms with van der Waals surface area (Å²) >= 11 is 0. The van der Waals surface area contributed by atoms with E-state index in [9.17, 15) is 4.79 Å². The molecule has 128 valence electrons. The lowest BCUT2D eigenvalue weighted by Gasteiger charge is -2.46. The molecule has 0 radical (unpaired) electrons. The molecule has 2 fully saturated rings. The zero-order chi connectivity index (χ0) is 16.7. The summed E-state index contributed by atoms with van der Waals surface area (Å²) < 4.78 is 11.7. The summed E-state index contributed by atoms with van der Waals surface area (Å²) in [6.07, 6.45) is 6.32. The molecule has 0 amide bonds. The minimum atomic E-state index is -0.490. The Morgan fingerprint density at radius 2 is 2.00 bits per heavy atom. The van der Waals surface area contributed by atoms with Gasteiger partial charge in [-0.1, -0.05) is 38.7 Å². The van der Waals surface area contributed by atoms with E-state index in [1.807, 2.05) is 13.8 Å². The van der Waals surface area contributed by atoms with Crippen LogP contribution in [0, 0.1) is 23.7 Å². The van der Waals surface area contributed by atoms with Crippen molar-refractivity contribution in [1.29, 1.82) is 0 Å². The molecule has 3 nitrogen and oxygen atoms in total. The summed E-state index contributed by atoms with van der Waals surface area (Å²) in [4.78, 5) is 11.9. The van der Waals surface area contributed by atoms with Crippen molar-refractivity contribution in [2.75, 3.05) is 0 Å². The molecular formula is C20H30O3. The molecular weight excluding hydrogens is 288 g/mol. The van der Waals surface area contributed by atoms with Gasteiger partial charge in [-0.3, -0.25) is 0 Å². The fraction of sp³-hybridized carbons (Fsp3) is 0.750. The van der Waals surface area contributed by atoms with Gasteiger partial charge in [0.2, 0.25) is 6.29 Å². The van der Waals surface area contributed by atoms with E-state index in [4.69, 9.17) is 9.47 Å². The van der Waals surface area contributed by atoms with Crippen LogP contribution < -0.4 is 0 Å². The second kappa shape index (κ2) is 6.43. The average Bonchev–Trinajstić information content (AvgIpc) is 2.74. The summed E-state index contributed by atoms with van der Waals surface area (Å²) in [7, 11) is 0. The maximum Gasteiger partial charge on any atom is 0.333 e. The van der Waals surface area contributed by atoms with E-state index in [1.165, 1.54) is 30.9 Å². The molecule has 0 saturated heterocycles. The van der Waals surface area contributed by atoms with Crippen LogP contribution in [0.25, 0.3) is 0 Å². The summed E-state index contributed by atoms with van der Waals surface area (Å²) in [5, 5.41) is 0. The SMILES string of the molecule is CC(C)=CC(=O)OC1O[C@H]2CC3CCC[C@H](C)C3[C@H](C)C2=C1C. The van der Waals surface area contributed by atoms with Gasteiger partial charge in [0.1, 0.15) is 0 Å². The van der Waals surface area contributed by atoms with E-state index in [1.54, 1.807) is 0 Å². The van der Waals surface area contributed by atoms with Gasteiger partial charge in [0.15, 0.2) is 0 Å². The molecule has 6 atom stereocenters. The van der Waals surface area contributed by atoms with Crippen molar-refractivity contribution in [2.45, 2.75) is 72.7 Å². The van der Waals surface area contributed by atoms with Gasteiger partial charge in [0.05, 0.1) is 6.10 Å². The van der Waals surface area contributed by atoms with Gasteiger partial charge >= 0.3 is 5.97 Å². The first-order chi connectivity index (χ1) is 10.9. The Hall–Kier alpha value is -1.09. The highest BCUT2D eigenvalue weighted by atomic mass is 16.7. The van der Waals surface area contributed by atoms with Gasteiger partial charge in [0.25, 0.3) is 0 Å². The number of fused-ring (bicyclic) bond motifs is 2. The minimum absolute atomic E-state index is 0.154. The first-order valence-electron chi connectivity index (χ1n) is 9.10. The van der Waals surface area contributed by atoms with Crippen LogP contribution in [-0.4, -0.2) is 18.4 Å². The Morgan fingerprint density at radius 1 is 1.26 bits per heavy atom. The largest absolute Gasteiger partial charge is 0.428 e. The van der Waals surface area contributed by atoms with Crippen molar-refractivity contribution < 1.29 is 14.3 Å². The van der Waals surface area contributed by atoms with Crippen LogP contribution >= 0.6 is 0 Å². The van der Waals surface area contributed by atoms with E-state index in [0.29, 0.717) is 5.92 Å². The van der Waals surface area contributed by atoms with Crippen LogP contribution in [0.4, 0.5) is 0 Å². The highest BCUT2D eigenvalue weighted by molar-refractivity contribution is 5.82. The zero-order valence-corrected chi connectivity index (χ0v) is 15.1. The third kappa shape index (κ3) is 3.13. The van der Waals surface area contributed by atoms with Crippen molar-refractivity contribution in [3.63, 3.8) is 0 Å². The zero-order valence-electron chi connectivity index (χ0n) is 15.1. The highest BCUT2D eigenvalue weighted by Crippen LogP contribution is 2.52. The van der Waals surface area contributed by atoms with Gasteiger partial charge in [-0.15, -0.1) is 0 Å². The molecule has 0 aromatic carbocycles. The Morgan fingerprint density at radius 3 is 2.70 bits per heavy atom. The molecule has 0 spiro atoms. The number of hydrogen-bond acceptors (Lipinski definition) is 3. The van der Waals surface area contributed by atoms with Crippen LogP contribution in [0.15, 0.2) is 22.8 Å². The lowest BCUT2D eigenvalue weighted by atomic mass is 9.59. The average molecular weight is 318 g/mol. The molecule has 2 saturated carbocycles. The van der Waals surface area contributed by atoms with Crippen LogP contribution in [0.3, 0.4) is 0 Å². The second-order valence-corrected chi connectivity index (χ2v) is 8.02. The monoisotopic (exact) mass is 318 g/mol. The normalized spacial score (nSPS) is 39.5. The van der Waals surface area contributed by atoms with Crippen molar-refractivity contribution in [1.82, 2.24) is 0 Å². The molecule has 0 bridgehead atoms. The van der Waals surface area contributed by atoms with E-state index in [2.05, 4.69) is 20.8 Å². The van der Waals surface area contributed by atoms with Crippen molar-refractivity contribution in [3.05, 3.63) is 22.8 Å². The fourth-order valence-electron chi connectivity index (χ4n) is 5.25. The predicted molar refractivity (Wildman–Crippen MR) is 90.7 cm³/mol. The van der Waals surface area contributed by atoms with Crippen molar-refractivity contribution in [3.8, 4) is 0 Å². The van der Waals surface area contributed by atoms with E-state index in [-0.39, 0.29) is 12.1 Å². The molecule has 3 unspecified atom stereocenters. The van der Waals surface area contributed by atoms with Crippen LogP contribution in [0.5, 0.6) is 0 Å². The summed E-state index contributed by atoms with van der Waals surface area (Å²) in [6.45, 7) is 10.6. The molecule has 0 N–H and O–H groups in total. The Labute approximate surface area is 140 Å². The predicted octanol–water partition coefficient (Wildman–Crippen LogP) is 4.63. The molecule has 3 heteroatoms. The minimum Gasteiger partial charge on any atom is -0.428 e. The van der Waals surface area contributed by atoms with Gasteiger partial charge < -0.3 is 9.47 Å². The fourth-order valence-corrected chi connectivity index (χ4v) is 5.25. The number of rotatable bonds is 2. The summed E-state index contributed by atoms with van der Waals surface area (Å²) in [6, 6.07) is 0. The molecule has 23 heavy (non-hydrogen) atoms. The molecule has 1 heterocycles. The molecule has 0 aromatic heterocycles. The quantitative estimate of drug-likeness (QED) is 0.423. The topological polar surface area (TPSA) is 35.5 Å². The Kier molecular flexibility index (Phi) is 4.68. The lowest BCUT2D eigenvalue weighted by Crippen LogP contribution is -2.41. The molecule has 0 aromatic rings. The molecule has 3 aliphatic rings. The maximum absolute atomic E-state index is 11.9. The van der Waals surface area contributed by atoms with Gasteiger partial charge in [0, 0.05) is 6.08 Å². The number of allylic oxidation sites excluding steroid dienone is 1. The first kappa shape index (κ1) is 16.8. The number of ether oxygens (including phenoxy) is 2.